The molecule has 2 saturated heterocycles. The lowest BCUT2D eigenvalue weighted by molar-refractivity contribution is -0.221. The van der Waals surface area contributed by atoms with E-state index in [1.165, 1.54) is 14.2 Å². The van der Waals surface area contributed by atoms with Gasteiger partial charge >= 0.3 is 7.82 Å². The van der Waals surface area contributed by atoms with Gasteiger partial charge in [0, 0.05) is 14.2 Å². The zero-order valence-electron chi connectivity index (χ0n) is 66.1. The molecule has 0 saturated carbocycles. The van der Waals surface area contributed by atoms with Gasteiger partial charge in [0.15, 0.2) is 12.6 Å². The second-order valence-electron chi connectivity index (χ2n) is 28.8. The average Bonchev–Trinajstić information content (AvgIpc) is 1.66. The third-order valence-electron chi connectivity index (χ3n) is 20.3. The summed E-state index contributed by atoms with van der Waals surface area (Å²) in [6.07, 6.45) is -14.5. The molecule has 2 aliphatic rings. The number of hydrogen-bond acceptors (Lipinski definition) is 20. The normalized spacial score (nSPS) is 20.2. The highest BCUT2D eigenvalue weighted by molar-refractivity contribution is 7.48. The quantitative estimate of drug-likeness (QED) is 0.0352. The molecule has 11 aromatic rings. The molecular formula is C96H105O20P. The molecule has 2 heterocycles. The van der Waals surface area contributed by atoms with Gasteiger partial charge in [0.1, 0.15) is 73.2 Å². The minimum atomic E-state index is -4.94. The number of hydrogen-bond donors (Lipinski definition) is 1. The van der Waals surface area contributed by atoms with E-state index in [1.54, 1.807) is 0 Å². The van der Waals surface area contributed by atoms with Crippen molar-refractivity contribution < 1.29 is 94.3 Å². The van der Waals surface area contributed by atoms with Crippen LogP contribution < -0.4 is 0 Å². The van der Waals surface area contributed by atoms with Crippen LogP contribution >= 0.6 is 7.82 Å². The molecule has 11 unspecified atom stereocenters. The van der Waals surface area contributed by atoms with Gasteiger partial charge in [0.2, 0.25) is 0 Å². The van der Waals surface area contributed by atoms with E-state index < -0.39 is 100 Å². The Balaban J connectivity index is 0.825. The molecule has 0 spiro atoms. The van der Waals surface area contributed by atoms with Crippen LogP contribution in [-0.2, 0) is 155 Å². The Morgan fingerprint density at radius 3 is 1.04 bits per heavy atom. The third-order valence-corrected chi connectivity index (χ3v) is 21.7. The van der Waals surface area contributed by atoms with Crippen molar-refractivity contribution in [3.63, 3.8) is 0 Å². The van der Waals surface area contributed by atoms with Crippen molar-refractivity contribution in [1.29, 1.82) is 0 Å². The van der Waals surface area contributed by atoms with Crippen LogP contribution in [0.2, 0.25) is 0 Å². The molecule has 2 aliphatic heterocycles. The molecule has 11 aromatic carbocycles. The maximum Gasteiger partial charge on any atom is 0.475 e. The zero-order valence-corrected chi connectivity index (χ0v) is 67.0. The molecule has 0 radical (unpaired) electrons. The van der Waals surface area contributed by atoms with Gasteiger partial charge in [-0.25, -0.2) is 4.57 Å². The van der Waals surface area contributed by atoms with Gasteiger partial charge in [-0.2, -0.15) is 0 Å². The Labute approximate surface area is 686 Å². The van der Waals surface area contributed by atoms with E-state index in [2.05, 4.69) is 30.3 Å². The van der Waals surface area contributed by atoms with Crippen molar-refractivity contribution in [2.45, 2.75) is 152 Å². The van der Waals surface area contributed by atoms with Crippen LogP contribution in [0.15, 0.2) is 315 Å². The molecule has 20 nitrogen and oxygen atoms in total. The maximum atomic E-state index is 16.7. The molecule has 13 rings (SSSR count). The Morgan fingerprint density at radius 1 is 0.308 bits per heavy atom. The third kappa shape index (κ3) is 26.8. The number of aliphatic hydroxyl groups is 1. The Kier molecular flexibility index (Phi) is 34.2. The second-order valence-corrected chi connectivity index (χ2v) is 30.4. The molecule has 614 valence electrons. The standard InChI is InChI=1S/C96H105O20P/c1-99-93-89(97)83(65-101-55-71-32-12-3-13-33-71)114-95(93)110-68-86(106-60-75-40-20-7-21-41-75)91(109-63-78-46-26-10-27-47-78)87(107-61-76-42-22-8-23-43-76)70-113-117(98,112-64-79-48-28-11-29-49-79)116-92-88(67-102-56-72-34-14-4-15-35-72)115-96(94(92)100-2)111-69-85(105-59-74-38-18-6-19-39-74)90(108-62-77-44-24-9-25-45-77)84(104-58-73-36-16-5-17-37-73)66-103-57-80-52-53-81-50-30-31-51-82(81)54-80/h3-54,83-97H,55-70H2,1-2H3/t83-,84?,85?,86?,87?,88-,89?,90?,91?,92?,93?,94?,95-,96-,117?/m1/s1. The molecule has 0 bridgehead atoms. The first-order valence-electron chi connectivity index (χ1n) is 39.8. The summed E-state index contributed by atoms with van der Waals surface area (Å²) in [6.45, 7) is 0.452. The topological polar surface area (TPSA) is 203 Å². The number of fused-ring (bicyclic) bond motifs is 1. The summed E-state index contributed by atoms with van der Waals surface area (Å²) in [5.74, 6) is 0. The zero-order chi connectivity index (χ0) is 80.3. The Bertz CT molecular complexity index is 4600. The molecule has 0 amide bonds. The first-order valence-corrected chi connectivity index (χ1v) is 41.2. The highest BCUT2D eigenvalue weighted by Gasteiger charge is 2.52. The Morgan fingerprint density at radius 2 is 0.632 bits per heavy atom. The van der Waals surface area contributed by atoms with Crippen molar-refractivity contribution in [3.05, 3.63) is 371 Å². The first kappa shape index (κ1) is 86.0. The number of phosphoric acid groups is 1. The minimum absolute atomic E-state index is 0.0329. The number of ether oxygens (including phenoxy) is 15. The van der Waals surface area contributed by atoms with E-state index in [0.29, 0.717) is 12.2 Å². The van der Waals surface area contributed by atoms with E-state index in [1.807, 2.05) is 285 Å². The van der Waals surface area contributed by atoms with Gasteiger partial charge in [-0.05, 0) is 72.5 Å². The SMILES string of the molecule is COC1C(O)[C@@H](COCc2ccccc2)O[C@H]1OCC(OCc1ccccc1)C(OCc1ccccc1)C(COP(=O)(OCc1ccccc1)OC1C(OC)[C@H](OCC(OCc2ccccc2)C(OCc2ccccc2)C(COCc2ccc3ccccc3c2)OCc2ccccc2)O[C@@H]1COCc1ccccc1)OCc1ccccc1. The fraction of sp³-hybridized carbons (Fsp3) is 0.333. The predicted octanol–water partition coefficient (Wildman–Crippen LogP) is 16.9. The number of aliphatic hydroxyl groups excluding tert-OH is 1. The van der Waals surface area contributed by atoms with Crippen molar-refractivity contribution in [2.24, 2.45) is 0 Å². The molecule has 1 N–H and O–H groups in total. The summed E-state index contributed by atoms with van der Waals surface area (Å²) in [4.78, 5) is 0. The predicted molar refractivity (Wildman–Crippen MR) is 442 cm³/mol. The van der Waals surface area contributed by atoms with Crippen molar-refractivity contribution >= 4 is 18.6 Å². The molecular weight excluding hydrogens is 1500 g/mol. The minimum Gasteiger partial charge on any atom is -0.387 e. The van der Waals surface area contributed by atoms with Crippen LogP contribution in [0, 0.1) is 0 Å². The van der Waals surface area contributed by atoms with E-state index in [4.69, 9.17) is 84.6 Å². The highest BCUT2D eigenvalue weighted by Crippen LogP contribution is 2.54. The maximum absolute atomic E-state index is 16.7. The number of benzene rings is 11. The summed E-state index contributed by atoms with van der Waals surface area (Å²) in [7, 11) is -1.95. The number of phosphoric ester groups is 1. The molecule has 2 fully saturated rings. The van der Waals surface area contributed by atoms with Crippen molar-refractivity contribution in [2.75, 3.05) is 53.9 Å². The van der Waals surface area contributed by atoms with Gasteiger partial charge in [-0.3, -0.25) is 13.6 Å². The van der Waals surface area contributed by atoms with E-state index in [-0.39, 0.29) is 92.5 Å². The van der Waals surface area contributed by atoms with E-state index >= 15 is 4.57 Å². The summed E-state index contributed by atoms with van der Waals surface area (Å²) in [6, 6.07) is 102. The smallest absolute Gasteiger partial charge is 0.387 e. The Hall–Kier alpha value is -8.85. The number of methoxy groups -OCH3 is 2. The van der Waals surface area contributed by atoms with Crippen LogP contribution in [0.4, 0.5) is 0 Å². The second kappa shape index (κ2) is 46.5. The summed E-state index contributed by atoms with van der Waals surface area (Å²) in [5.41, 5.74) is 8.79. The fourth-order valence-electron chi connectivity index (χ4n) is 13.9. The van der Waals surface area contributed by atoms with Crippen LogP contribution in [0.5, 0.6) is 0 Å². The lowest BCUT2D eigenvalue weighted by Gasteiger charge is -2.35. The highest BCUT2D eigenvalue weighted by atomic mass is 31.2. The van der Waals surface area contributed by atoms with E-state index in [9.17, 15) is 5.11 Å². The lowest BCUT2D eigenvalue weighted by Crippen LogP contribution is -2.48. The van der Waals surface area contributed by atoms with Crippen molar-refractivity contribution in [1.82, 2.24) is 0 Å². The van der Waals surface area contributed by atoms with Crippen LogP contribution in [-0.4, -0.2) is 145 Å². The van der Waals surface area contributed by atoms with Crippen LogP contribution in [0.1, 0.15) is 55.6 Å². The van der Waals surface area contributed by atoms with Gasteiger partial charge in [-0.15, -0.1) is 0 Å². The first-order chi connectivity index (χ1) is 57.7. The van der Waals surface area contributed by atoms with E-state index in [0.717, 1.165) is 60.8 Å². The molecule has 21 heteroatoms. The summed E-state index contributed by atoms with van der Waals surface area (Å²) < 4.78 is 139. The largest absolute Gasteiger partial charge is 0.475 e. The van der Waals surface area contributed by atoms with Gasteiger partial charge in [-0.1, -0.05) is 309 Å². The number of rotatable bonds is 50. The molecule has 117 heavy (non-hydrogen) atoms. The molecule has 15 atom stereocenters. The van der Waals surface area contributed by atoms with Crippen LogP contribution in [0.25, 0.3) is 10.8 Å². The molecule has 0 aromatic heterocycles. The fourth-order valence-corrected chi connectivity index (χ4v) is 15.3. The van der Waals surface area contributed by atoms with Crippen LogP contribution in [0.3, 0.4) is 0 Å². The monoisotopic (exact) mass is 1610 g/mol. The van der Waals surface area contributed by atoms with Crippen molar-refractivity contribution in [3.8, 4) is 0 Å². The summed E-state index contributed by atoms with van der Waals surface area (Å²) >= 11 is 0. The average molecular weight is 1610 g/mol. The molecule has 0 aliphatic carbocycles. The van der Waals surface area contributed by atoms with Gasteiger partial charge in [0.05, 0.1) is 106 Å². The van der Waals surface area contributed by atoms with Gasteiger partial charge < -0.3 is 76.2 Å². The van der Waals surface area contributed by atoms with Gasteiger partial charge in [0.25, 0.3) is 0 Å². The lowest BCUT2D eigenvalue weighted by atomic mass is 10.1. The summed E-state index contributed by atoms with van der Waals surface area (Å²) in [5, 5.41) is 14.0.